The number of hydrogen-bond donors (Lipinski definition) is 2. The number of rotatable bonds is 7. The van der Waals surface area contributed by atoms with Crippen molar-refractivity contribution in [3.05, 3.63) is 72.2 Å². The van der Waals surface area contributed by atoms with E-state index in [1.165, 1.54) is 6.33 Å². The van der Waals surface area contributed by atoms with Crippen molar-refractivity contribution < 1.29 is 9.53 Å². The average Bonchev–Trinajstić information content (AvgIpc) is 3.23. The molecule has 8 heteroatoms. The predicted molar refractivity (Wildman–Crippen MR) is 118 cm³/mol. The quantitative estimate of drug-likeness (QED) is 0.334. The van der Waals surface area contributed by atoms with Gasteiger partial charge in [0.15, 0.2) is 5.65 Å². The SMILES string of the molecule is CC(C)Oc1ccc(NC(=O)c2cccc(CSc3ncnc4[nH]ncc34)c2)cc1. The zero-order chi connectivity index (χ0) is 20.9. The normalized spacial score (nSPS) is 11.0. The number of carbonyl (C=O) groups excluding carboxylic acids is 1. The van der Waals surface area contributed by atoms with Gasteiger partial charge in [-0.2, -0.15) is 5.10 Å². The van der Waals surface area contributed by atoms with E-state index in [0.717, 1.165) is 27.4 Å². The summed E-state index contributed by atoms with van der Waals surface area (Å²) in [6.45, 7) is 3.95. The van der Waals surface area contributed by atoms with Crippen LogP contribution >= 0.6 is 11.8 Å². The van der Waals surface area contributed by atoms with E-state index in [9.17, 15) is 4.79 Å². The number of benzene rings is 2. The molecule has 0 aliphatic rings. The van der Waals surface area contributed by atoms with Crippen LogP contribution in [0.1, 0.15) is 29.8 Å². The highest BCUT2D eigenvalue weighted by molar-refractivity contribution is 7.98. The van der Waals surface area contributed by atoms with Gasteiger partial charge >= 0.3 is 0 Å². The first kappa shape index (κ1) is 19.9. The first-order chi connectivity index (χ1) is 14.6. The van der Waals surface area contributed by atoms with Gasteiger partial charge in [0.25, 0.3) is 5.91 Å². The summed E-state index contributed by atoms with van der Waals surface area (Å²) in [6.07, 6.45) is 3.35. The zero-order valence-electron chi connectivity index (χ0n) is 16.6. The highest BCUT2D eigenvalue weighted by atomic mass is 32.2. The standard InChI is InChI=1S/C22H21N5O2S/c1-14(2)29-18-8-6-17(7-9-18)26-21(28)16-5-3-4-15(10-16)12-30-22-19-11-25-27-20(19)23-13-24-22/h3-11,13-14H,12H2,1-2H3,(H,26,28)(H,23,24,25,27). The van der Waals surface area contributed by atoms with E-state index < -0.39 is 0 Å². The summed E-state index contributed by atoms with van der Waals surface area (Å²) in [5, 5.41) is 11.5. The minimum absolute atomic E-state index is 0.109. The fourth-order valence-corrected chi connectivity index (χ4v) is 3.81. The Morgan fingerprint density at radius 3 is 2.80 bits per heavy atom. The van der Waals surface area contributed by atoms with Crippen LogP contribution in [0.2, 0.25) is 0 Å². The fraction of sp³-hybridized carbons (Fsp3) is 0.182. The van der Waals surface area contributed by atoms with Crippen molar-refractivity contribution in [3.63, 3.8) is 0 Å². The van der Waals surface area contributed by atoms with Gasteiger partial charge < -0.3 is 10.1 Å². The maximum Gasteiger partial charge on any atom is 0.255 e. The summed E-state index contributed by atoms with van der Waals surface area (Å²) < 4.78 is 5.63. The van der Waals surface area contributed by atoms with E-state index >= 15 is 0 Å². The third-order valence-corrected chi connectivity index (χ3v) is 5.34. The van der Waals surface area contributed by atoms with Gasteiger partial charge in [0.2, 0.25) is 0 Å². The number of thioether (sulfide) groups is 1. The number of hydrogen-bond acceptors (Lipinski definition) is 6. The summed E-state index contributed by atoms with van der Waals surface area (Å²) in [5.41, 5.74) is 3.07. The van der Waals surface area contributed by atoms with Crippen molar-refractivity contribution in [2.75, 3.05) is 5.32 Å². The lowest BCUT2D eigenvalue weighted by Gasteiger charge is -2.11. The number of ether oxygens (including phenoxy) is 1. The fourth-order valence-electron chi connectivity index (χ4n) is 2.90. The molecule has 0 aliphatic heterocycles. The molecule has 0 atom stereocenters. The van der Waals surface area contributed by atoms with Crippen LogP contribution in [0, 0.1) is 0 Å². The minimum atomic E-state index is -0.154. The first-order valence-electron chi connectivity index (χ1n) is 9.52. The van der Waals surface area contributed by atoms with Crippen molar-refractivity contribution in [3.8, 4) is 5.75 Å². The Morgan fingerprint density at radius 1 is 1.17 bits per heavy atom. The number of amides is 1. The molecule has 0 saturated carbocycles. The number of carbonyl (C=O) groups is 1. The lowest BCUT2D eigenvalue weighted by Crippen LogP contribution is -2.12. The van der Waals surface area contributed by atoms with Gasteiger partial charge in [-0.15, -0.1) is 11.8 Å². The van der Waals surface area contributed by atoms with Crippen molar-refractivity contribution in [1.29, 1.82) is 0 Å². The van der Waals surface area contributed by atoms with E-state index in [4.69, 9.17) is 4.74 Å². The summed E-state index contributed by atoms with van der Waals surface area (Å²) >= 11 is 1.58. The number of aromatic amines is 1. The summed E-state index contributed by atoms with van der Waals surface area (Å²) in [7, 11) is 0. The largest absolute Gasteiger partial charge is 0.491 e. The first-order valence-corrected chi connectivity index (χ1v) is 10.5. The van der Waals surface area contributed by atoms with Crippen LogP contribution in [-0.4, -0.2) is 32.2 Å². The molecule has 0 unspecified atom stereocenters. The molecular weight excluding hydrogens is 398 g/mol. The monoisotopic (exact) mass is 419 g/mol. The number of fused-ring (bicyclic) bond motifs is 1. The lowest BCUT2D eigenvalue weighted by atomic mass is 10.1. The maximum absolute atomic E-state index is 12.7. The topological polar surface area (TPSA) is 92.8 Å². The Bertz CT molecular complexity index is 1160. The zero-order valence-corrected chi connectivity index (χ0v) is 17.4. The van der Waals surface area contributed by atoms with Crippen molar-refractivity contribution in [2.45, 2.75) is 30.7 Å². The van der Waals surface area contributed by atoms with Crippen LogP contribution in [0.3, 0.4) is 0 Å². The molecule has 0 radical (unpaired) electrons. The molecule has 0 bridgehead atoms. The predicted octanol–water partition coefficient (Wildman–Crippen LogP) is 4.68. The molecule has 30 heavy (non-hydrogen) atoms. The second kappa shape index (κ2) is 8.96. The van der Waals surface area contributed by atoms with Crippen LogP contribution < -0.4 is 10.1 Å². The van der Waals surface area contributed by atoms with Crippen LogP contribution in [0.25, 0.3) is 11.0 Å². The molecule has 0 fully saturated rings. The van der Waals surface area contributed by atoms with E-state index in [0.29, 0.717) is 17.0 Å². The highest BCUT2D eigenvalue weighted by Crippen LogP contribution is 2.26. The molecule has 4 aromatic rings. The molecule has 7 nitrogen and oxygen atoms in total. The highest BCUT2D eigenvalue weighted by Gasteiger charge is 2.10. The molecule has 2 N–H and O–H groups in total. The number of aromatic nitrogens is 4. The van der Waals surface area contributed by atoms with Crippen molar-refractivity contribution >= 4 is 34.4 Å². The smallest absolute Gasteiger partial charge is 0.255 e. The van der Waals surface area contributed by atoms with Gasteiger partial charge in [-0.3, -0.25) is 9.89 Å². The van der Waals surface area contributed by atoms with Gasteiger partial charge in [-0.1, -0.05) is 12.1 Å². The second-order valence-corrected chi connectivity index (χ2v) is 7.91. The molecule has 2 heterocycles. The van der Waals surface area contributed by atoms with Gasteiger partial charge in [0, 0.05) is 17.0 Å². The molecule has 2 aromatic heterocycles. The Morgan fingerprint density at radius 2 is 2.00 bits per heavy atom. The molecule has 0 spiro atoms. The molecule has 0 saturated heterocycles. The lowest BCUT2D eigenvalue weighted by molar-refractivity contribution is 0.102. The van der Waals surface area contributed by atoms with Gasteiger partial charge in [-0.05, 0) is 55.8 Å². The Kier molecular flexibility index (Phi) is 5.94. The summed E-state index contributed by atoms with van der Waals surface area (Å²) in [4.78, 5) is 21.1. The minimum Gasteiger partial charge on any atom is -0.491 e. The van der Waals surface area contributed by atoms with Crippen LogP contribution in [-0.2, 0) is 5.75 Å². The molecule has 152 valence electrons. The molecule has 2 aromatic carbocycles. The summed E-state index contributed by atoms with van der Waals surface area (Å²) in [6, 6.07) is 14.9. The van der Waals surface area contributed by atoms with Crippen molar-refractivity contribution in [2.24, 2.45) is 0 Å². The molecule has 0 aliphatic carbocycles. The van der Waals surface area contributed by atoms with E-state index in [1.54, 1.807) is 24.0 Å². The molecule has 1 amide bonds. The van der Waals surface area contributed by atoms with Gasteiger partial charge in [0.1, 0.15) is 17.1 Å². The van der Waals surface area contributed by atoms with Gasteiger partial charge in [-0.25, -0.2) is 9.97 Å². The number of nitrogens with one attached hydrogen (secondary N) is 2. The third kappa shape index (κ3) is 4.77. The van der Waals surface area contributed by atoms with Crippen LogP contribution in [0.15, 0.2) is 66.1 Å². The molecule has 4 rings (SSSR count). The Hall–Kier alpha value is -3.39. The molecular formula is C22H21N5O2S. The van der Waals surface area contributed by atoms with Crippen LogP contribution in [0.4, 0.5) is 5.69 Å². The van der Waals surface area contributed by atoms with Crippen molar-refractivity contribution in [1.82, 2.24) is 20.2 Å². The number of anilines is 1. The number of H-pyrrole nitrogens is 1. The summed E-state index contributed by atoms with van der Waals surface area (Å²) in [5.74, 6) is 1.30. The van der Waals surface area contributed by atoms with E-state index in [1.807, 2.05) is 56.3 Å². The van der Waals surface area contributed by atoms with E-state index in [2.05, 4.69) is 25.5 Å². The second-order valence-electron chi connectivity index (χ2n) is 6.95. The Balaban J connectivity index is 1.41. The average molecular weight is 420 g/mol. The Labute approximate surface area is 178 Å². The maximum atomic E-state index is 12.7. The van der Waals surface area contributed by atoms with Gasteiger partial charge in [0.05, 0.1) is 17.7 Å². The van der Waals surface area contributed by atoms with E-state index in [-0.39, 0.29) is 12.0 Å². The van der Waals surface area contributed by atoms with Crippen LogP contribution in [0.5, 0.6) is 5.75 Å². The third-order valence-electron chi connectivity index (χ3n) is 4.26. The number of nitrogens with zero attached hydrogens (tertiary/aromatic N) is 3.